The van der Waals surface area contributed by atoms with Crippen molar-refractivity contribution in [3.05, 3.63) is 54.1 Å². The normalized spacial score (nSPS) is 10.6. The summed E-state index contributed by atoms with van der Waals surface area (Å²) in [6.07, 6.45) is 2.44. The van der Waals surface area contributed by atoms with Crippen LogP contribution < -0.4 is 9.47 Å². The van der Waals surface area contributed by atoms with Crippen molar-refractivity contribution in [2.75, 3.05) is 6.61 Å². The second-order valence-electron chi connectivity index (χ2n) is 4.41. The Morgan fingerprint density at radius 1 is 1.14 bits per heavy atom. The molecule has 0 aliphatic heterocycles. The fourth-order valence-electron chi connectivity index (χ4n) is 1.78. The highest BCUT2D eigenvalue weighted by atomic mass is 16.5. The third-order valence-corrected chi connectivity index (χ3v) is 2.76. The molecule has 2 aromatic rings. The summed E-state index contributed by atoms with van der Waals surface area (Å²) in [5, 5.41) is 18.4. The first-order valence-corrected chi connectivity index (χ1v) is 6.73. The molecule has 5 heteroatoms. The lowest BCUT2D eigenvalue weighted by Gasteiger charge is -2.09. The molecule has 0 aliphatic carbocycles. The number of phenolic OH excluding ortho intramolecular Hbond substituents is 1. The Morgan fingerprint density at radius 3 is 2.45 bits per heavy atom. The number of hydrogen-bond donors (Lipinski definition) is 2. The van der Waals surface area contributed by atoms with Crippen LogP contribution in [-0.2, 0) is 4.79 Å². The summed E-state index contributed by atoms with van der Waals surface area (Å²) in [6.45, 7) is 2.48. The number of aromatic hydroxyl groups is 1. The van der Waals surface area contributed by atoms with Crippen LogP contribution in [0.2, 0.25) is 0 Å². The largest absolute Gasteiger partial charge is 0.504 e. The van der Waals surface area contributed by atoms with E-state index in [4.69, 9.17) is 14.6 Å². The quantitative estimate of drug-likeness (QED) is 0.796. The van der Waals surface area contributed by atoms with Crippen molar-refractivity contribution in [3.8, 4) is 23.0 Å². The number of aliphatic carboxylic acids is 1. The highest BCUT2D eigenvalue weighted by molar-refractivity contribution is 5.85. The Bertz CT molecular complexity index is 674. The van der Waals surface area contributed by atoms with Gasteiger partial charge in [-0.25, -0.2) is 4.79 Å². The highest BCUT2D eigenvalue weighted by Crippen LogP contribution is 2.32. The Balaban J connectivity index is 2.17. The van der Waals surface area contributed by atoms with Crippen LogP contribution in [0.3, 0.4) is 0 Å². The maximum Gasteiger partial charge on any atom is 0.328 e. The first-order valence-electron chi connectivity index (χ1n) is 6.73. The van der Waals surface area contributed by atoms with E-state index in [1.54, 1.807) is 36.4 Å². The van der Waals surface area contributed by atoms with Crippen molar-refractivity contribution >= 4 is 12.0 Å². The summed E-state index contributed by atoms with van der Waals surface area (Å²) in [5.74, 6) is 0.454. The average molecular weight is 300 g/mol. The molecule has 0 saturated heterocycles. The molecule has 5 nitrogen and oxygen atoms in total. The van der Waals surface area contributed by atoms with Gasteiger partial charge in [-0.3, -0.25) is 0 Å². The van der Waals surface area contributed by atoms with Crippen LogP contribution in [0.15, 0.2) is 48.5 Å². The molecule has 0 heterocycles. The number of rotatable bonds is 6. The van der Waals surface area contributed by atoms with Crippen LogP contribution >= 0.6 is 0 Å². The summed E-state index contributed by atoms with van der Waals surface area (Å²) in [5.41, 5.74) is 0.612. The third kappa shape index (κ3) is 4.28. The van der Waals surface area contributed by atoms with Gasteiger partial charge in [0.05, 0.1) is 6.61 Å². The van der Waals surface area contributed by atoms with E-state index in [1.807, 2.05) is 6.92 Å². The first kappa shape index (κ1) is 15.4. The summed E-state index contributed by atoms with van der Waals surface area (Å²) in [7, 11) is 0. The van der Waals surface area contributed by atoms with Crippen molar-refractivity contribution in [1.29, 1.82) is 0 Å². The van der Waals surface area contributed by atoms with Crippen LogP contribution in [0, 0.1) is 0 Å². The van der Waals surface area contributed by atoms with Gasteiger partial charge in [-0.2, -0.15) is 0 Å². The van der Waals surface area contributed by atoms with Gasteiger partial charge in [0.1, 0.15) is 11.5 Å². The first-order chi connectivity index (χ1) is 10.6. The van der Waals surface area contributed by atoms with Gasteiger partial charge in [-0.05, 0) is 55.0 Å². The minimum absolute atomic E-state index is 0.0265. The molecular weight excluding hydrogens is 284 g/mol. The third-order valence-electron chi connectivity index (χ3n) is 2.76. The van der Waals surface area contributed by atoms with Crippen molar-refractivity contribution < 1.29 is 24.5 Å². The van der Waals surface area contributed by atoms with Gasteiger partial charge in [0.15, 0.2) is 11.5 Å². The summed E-state index contributed by atoms with van der Waals surface area (Å²) < 4.78 is 10.9. The van der Waals surface area contributed by atoms with Gasteiger partial charge < -0.3 is 19.7 Å². The predicted molar refractivity (Wildman–Crippen MR) is 82.5 cm³/mol. The van der Waals surface area contributed by atoms with E-state index >= 15 is 0 Å². The molecule has 0 fully saturated rings. The standard InChI is InChI=1S/C17H16O5/c1-2-21-13-5-7-14(8-6-13)22-16-11-12(3-9-15(16)18)4-10-17(19)20/h3-11,18H,2H2,1H3,(H,19,20)/b10-4+. The monoisotopic (exact) mass is 300 g/mol. The van der Waals surface area contributed by atoms with Crippen molar-refractivity contribution in [2.24, 2.45) is 0 Å². The van der Waals surface area contributed by atoms with E-state index in [-0.39, 0.29) is 11.5 Å². The molecule has 22 heavy (non-hydrogen) atoms. The summed E-state index contributed by atoms with van der Waals surface area (Å²) in [4.78, 5) is 10.5. The molecule has 2 N–H and O–H groups in total. The molecule has 2 rings (SSSR count). The maximum absolute atomic E-state index is 10.5. The van der Waals surface area contributed by atoms with Gasteiger partial charge in [0, 0.05) is 6.08 Å². The molecule has 0 amide bonds. The molecule has 0 aliphatic rings. The van der Waals surface area contributed by atoms with Crippen LogP contribution in [0.5, 0.6) is 23.0 Å². The molecule has 0 unspecified atom stereocenters. The molecule has 2 aromatic carbocycles. The zero-order chi connectivity index (χ0) is 15.9. The zero-order valence-electron chi connectivity index (χ0n) is 12.0. The number of carbonyl (C=O) groups is 1. The summed E-state index contributed by atoms with van der Waals surface area (Å²) in [6, 6.07) is 11.6. The molecule has 0 saturated carbocycles. The summed E-state index contributed by atoms with van der Waals surface area (Å²) >= 11 is 0. The second-order valence-corrected chi connectivity index (χ2v) is 4.41. The Morgan fingerprint density at radius 2 is 1.82 bits per heavy atom. The Labute approximate surface area is 128 Å². The van der Waals surface area contributed by atoms with Crippen molar-refractivity contribution in [3.63, 3.8) is 0 Å². The molecule has 0 radical (unpaired) electrons. The number of ether oxygens (including phenoxy) is 2. The van der Waals surface area contributed by atoms with Crippen LogP contribution in [0.25, 0.3) is 6.08 Å². The fraction of sp³-hybridized carbons (Fsp3) is 0.118. The molecule has 0 atom stereocenters. The predicted octanol–water partition coefficient (Wildman–Crippen LogP) is 3.68. The van der Waals surface area contributed by atoms with E-state index in [0.29, 0.717) is 17.9 Å². The van der Waals surface area contributed by atoms with E-state index < -0.39 is 5.97 Å². The van der Waals surface area contributed by atoms with Crippen molar-refractivity contribution in [1.82, 2.24) is 0 Å². The lowest BCUT2D eigenvalue weighted by Crippen LogP contribution is -1.91. The number of hydrogen-bond acceptors (Lipinski definition) is 4. The molecule has 0 bridgehead atoms. The number of carboxylic acids is 1. The van der Waals surface area contributed by atoms with Gasteiger partial charge in [0.2, 0.25) is 0 Å². The lowest BCUT2D eigenvalue weighted by atomic mass is 10.2. The van der Waals surface area contributed by atoms with Gasteiger partial charge in [-0.1, -0.05) is 6.07 Å². The van der Waals surface area contributed by atoms with Crippen LogP contribution in [0.4, 0.5) is 0 Å². The number of carboxylic acid groups (broad SMARTS) is 1. The molecule has 0 aromatic heterocycles. The van der Waals surface area contributed by atoms with Gasteiger partial charge in [-0.15, -0.1) is 0 Å². The minimum Gasteiger partial charge on any atom is -0.504 e. The van der Waals surface area contributed by atoms with E-state index in [9.17, 15) is 9.90 Å². The second kappa shape index (κ2) is 7.17. The van der Waals surface area contributed by atoms with Crippen molar-refractivity contribution in [2.45, 2.75) is 6.92 Å². The Hall–Kier alpha value is -2.95. The number of benzene rings is 2. The van der Waals surface area contributed by atoms with Gasteiger partial charge >= 0.3 is 5.97 Å². The minimum atomic E-state index is -1.04. The fourth-order valence-corrected chi connectivity index (χ4v) is 1.78. The zero-order valence-corrected chi connectivity index (χ0v) is 12.0. The van der Waals surface area contributed by atoms with E-state index in [0.717, 1.165) is 11.8 Å². The smallest absolute Gasteiger partial charge is 0.328 e. The van der Waals surface area contributed by atoms with Crippen LogP contribution in [-0.4, -0.2) is 22.8 Å². The van der Waals surface area contributed by atoms with E-state index in [1.165, 1.54) is 12.1 Å². The molecular formula is C17H16O5. The number of phenols is 1. The van der Waals surface area contributed by atoms with Crippen LogP contribution in [0.1, 0.15) is 12.5 Å². The lowest BCUT2D eigenvalue weighted by molar-refractivity contribution is -0.131. The van der Waals surface area contributed by atoms with Gasteiger partial charge in [0.25, 0.3) is 0 Å². The van der Waals surface area contributed by atoms with E-state index in [2.05, 4.69) is 0 Å². The molecule has 114 valence electrons. The highest BCUT2D eigenvalue weighted by Gasteiger charge is 2.05. The SMILES string of the molecule is CCOc1ccc(Oc2cc(/C=C/C(=O)O)ccc2O)cc1. The maximum atomic E-state index is 10.5. The topological polar surface area (TPSA) is 76.0 Å². The Kier molecular flexibility index (Phi) is 5.03. The molecule has 0 spiro atoms. The average Bonchev–Trinajstić information content (AvgIpc) is 2.50.